The molecule has 3 unspecified atom stereocenters. The van der Waals surface area contributed by atoms with Gasteiger partial charge in [-0.25, -0.2) is 9.67 Å². The third-order valence-electron chi connectivity index (χ3n) is 5.95. The fraction of sp³-hybridized carbons (Fsp3) is 0.850. The van der Waals surface area contributed by atoms with Gasteiger partial charge in [-0.2, -0.15) is 5.10 Å². The quantitative estimate of drug-likeness (QED) is 0.542. The number of rotatable bonds is 5. The summed E-state index contributed by atoms with van der Waals surface area (Å²) in [4.78, 5) is 9.50. The lowest BCUT2D eigenvalue weighted by Crippen LogP contribution is -2.48. The first-order chi connectivity index (χ1) is 12.9. The molecule has 0 aromatic carbocycles. The molecule has 1 aromatic heterocycles. The van der Waals surface area contributed by atoms with E-state index in [2.05, 4.69) is 48.4 Å². The monoisotopic (exact) mass is 376 g/mol. The van der Waals surface area contributed by atoms with Gasteiger partial charge in [-0.15, -0.1) is 0 Å². The van der Waals surface area contributed by atoms with Gasteiger partial charge in [0.15, 0.2) is 11.8 Å². The van der Waals surface area contributed by atoms with E-state index in [4.69, 9.17) is 4.99 Å². The topological polar surface area (TPSA) is 87.4 Å². The largest absolute Gasteiger partial charge is 0.392 e. The number of hydrogen-bond donors (Lipinski definition) is 3. The lowest BCUT2D eigenvalue weighted by molar-refractivity contribution is 0.00715. The number of fused-ring (bicyclic) bond motifs is 1. The molecule has 1 fully saturated rings. The van der Waals surface area contributed by atoms with Crippen molar-refractivity contribution in [2.45, 2.75) is 90.8 Å². The third kappa shape index (κ3) is 4.81. The molecule has 3 rings (SSSR count). The molecule has 1 aliphatic carbocycles. The van der Waals surface area contributed by atoms with Gasteiger partial charge in [-0.1, -0.05) is 33.6 Å². The minimum absolute atomic E-state index is 0.113. The number of aliphatic imine (C=N–C) groups is 1. The molecule has 1 aliphatic heterocycles. The maximum atomic E-state index is 10.4. The van der Waals surface area contributed by atoms with Crippen molar-refractivity contribution in [1.82, 2.24) is 25.4 Å². The second-order valence-electron chi connectivity index (χ2n) is 8.71. The zero-order valence-corrected chi connectivity index (χ0v) is 17.3. The molecule has 0 bridgehead atoms. The smallest absolute Gasteiger partial charge is 0.191 e. The van der Waals surface area contributed by atoms with Gasteiger partial charge >= 0.3 is 0 Å². The molecule has 0 saturated heterocycles. The summed E-state index contributed by atoms with van der Waals surface area (Å²) in [7, 11) is 0. The number of guanidine groups is 1. The van der Waals surface area contributed by atoms with Gasteiger partial charge in [0.1, 0.15) is 5.82 Å². The van der Waals surface area contributed by atoms with Gasteiger partial charge in [0.25, 0.3) is 0 Å². The first-order valence-electron chi connectivity index (χ1n) is 10.6. The van der Waals surface area contributed by atoms with Crippen molar-refractivity contribution in [3.8, 4) is 0 Å². The first-order valence-corrected chi connectivity index (χ1v) is 10.6. The Labute approximate surface area is 163 Å². The van der Waals surface area contributed by atoms with Crippen LogP contribution < -0.4 is 10.6 Å². The van der Waals surface area contributed by atoms with Crippen LogP contribution in [0.5, 0.6) is 0 Å². The number of aryl methyl sites for hydroxylation is 1. The highest BCUT2D eigenvalue weighted by molar-refractivity contribution is 5.80. The summed E-state index contributed by atoms with van der Waals surface area (Å²) in [5.41, 5.74) is -0.113. The maximum Gasteiger partial charge on any atom is 0.191 e. The molecule has 0 spiro atoms. The van der Waals surface area contributed by atoms with Crippen molar-refractivity contribution < 1.29 is 5.11 Å². The summed E-state index contributed by atoms with van der Waals surface area (Å²) in [5, 5.41) is 22.0. The average molecular weight is 377 g/mol. The van der Waals surface area contributed by atoms with Crippen LogP contribution >= 0.6 is 0 Å². The molecule has 1 aromatic rings. The Morgan fingerprint density at radius 2 is 2.19 bits per heavy atom. The Bertz CT molecular complexity index is 655. The Balaban J connectivity index is 1.63. The van der Waals surface area contributed by atoms with Crippen molar-refractivity contribution in [3.05, 3.63) is 11.6 Å². The molecule has 2 heterocycles. The molecule has 1 saturated carbocycles. The first kappa shape index (κ1) is 20.1. The Kier molecular flexibility index (Phi) is 6.40. The molecule has 7 nitrogen and oxygen atoms in total. The minimum atomic E-state index is -0.250. The molecule has 2 aliphatic rings. The summed E-state index contributed by atoms with van der Waals surface area (Å²) in [6.45, 7) is 10.8. The van der Waals surface area contributed by atoms with Crippen molar-refractivity contribution in [1.29, 1.82) is 0 Å². The Morgan fingerprint density at radius 1 is 1.37 bits per heavy atom. The number of nitrogens with one attached hydrogen (secondary N) is 2. The van der Waals surface area contributed by atoms with E-state index in [-0.39, 0.29) is 11.5 Å². The van der Waals surface area contributed by atoms with E-state index in [0.29, 0.717) is 18.5 Å². The minimum Gasteiger partial charge on any atom is -0.392 e. The summed E-state index contributed by atoms with van der Waals surface area (Å²) in [5.74, 6) is 3.23. The van der Waals surface area contributed by atoms with Crippen LogP contribution in [0.3, 0.4) is 0 Å². The second kappa shape index (κ2) is 8.59. The van der Waals surface area contributed by atoms with Crippen LogP contribution in [0, 0.1) is 5.41 Å². The van der Waals surface area contributed by atoms with Crippen LogP contribution in [0.1, 0.15) is 77.4 Å². The van der Waals surface area contributed by atoms with E-state index >= 15 is 0 Å². The van der Waals surface area contributed by atoms with Gasteiger partial charge < -0.3 is 15.7 Å². The van der Waals surface area contributed by atoms with Gasteiger partial charge in [0.2, 0.25) is 0 Å². The molecular formula is C20H36N6O. The third-order valence-corrected chi connectivity index (χ3v) is 5.95. The lowest BCUT2D eigenvalue weighted by atomic mass is 9.73. The molecule has 7 heteroatoms. The van der Waals surface area contributed by atoms with Gasteiger partial charge in [0, 0.05) is 30.3 Å². The van der Waals surface area contributed by atoms with Gasteiger partial charge in [0.05, 0.1) is 19.2 Å². The highest BCUT2D eigenvalue weighted by Crippen LogP contribution is 2.36. The average Bonchev–Trinajstić information content (AvgIpc) is 3.06. The van der Waals surface area contributed by atoms with Crippen LogP contribution in [-0.2, 0) is 13.0 Å². The maximum absolute atomic E-state index is 10.4. The van der Waals surface area contributed by atoms with Crippen LogP contribution in [-0.4, -0.2) is 51.1 Å². The molecule has 152 valence electrons. The Hall–Kier alpha value is -1.63. The summed E-state index contributed by atoms with van der Waals surface area (Å²) in [6.07, 6.45) is 5.96. The number of aliphatic hydroxyl groups excluding tert-OH is 1. The summed E-state index contributed by atoms with van der Waals surface area (Å²) >= 11 is 0. The predicted octanol–water partition coefficient (Wildman–Crippen LogP) is 2.21. The van der Waals surface area contributed by atoms with Crippen molar-refractivity contribution >= 4 is 5.96 Å². The van der Waals surface area contributed by atoms with Crippen LogP contribution in [0.4, 0.5) is 0 Å². The number of nitrogens with zero attached hydrogens (tertiary/aromatic N) is 4. The SMILES string of the molecule is CCNC(=NCC1(C)CCCCC1O)NC1CCc2nc(C(C)C)nn2C1. The molecular weight excluding hydrogens is 340 g/mol. The number of aromatic nitrogens is 3. The number of hydrogen-bond acceptors (Lipinski definition) is 4. The standard InChI is InChI=1S/C20H36N6O/c1-5-21-19(22-13-20(4)11-7-6-8-16(20)27)23-15-9-10-17-24-18(14(2)3)25-26(17)12-15/h14-16,27H,5-13H2,1-4H3,(H2,21,22,23). The predicted molar refractivity (Wildman–Crippen MR) is 108 cm³/mol. The fourth-order valence-electron chi connectivity index (χ4n) is 4.03. The van der Waals surface area contributed by atoms with Crippen LogP contribution in [0.15, 0.2) is 4.99 Å². The van der Waals surface area contributed by atoms with Gasteiger partial charge in [-0.3, -0.25) is 4.99 Å². The van der Waals surface area contributed by atoms with Crippen LogP contribution in [0.25, 0.3) is 0 Å². The van der Waals surface area contributed by atoms with E-state index in [9.17, 15) is 5.11 Å². The summed E-state index contributed by atoms with van der Waals surface area (Å²) in [6, 6.07) is 0.293. The van der Waals surface area contributed by atoms with E-state index in [1.165, 1.54) is 6.42 Å². The summed E-state index contributed by atoms with van der Waals surface area (Å²) < 4.78 is 2.05. The van der Waals surface area contributed by atoms with Gasteiger partial charge in [-0.05, 0) is 26.2 Å². The molecule has 0 radical (unpaired) electrons. The number of aliphatic hydroxyl groups is 1. The second-order valence-corrected chi connectivity index (χ2v) is 8.71. The van der Waals surface area contributed by atoms with Crippen molar-refractivity contribution in [3.63, 3.8) is 0 Å². The molecule has 27 heavy (non-hydrogen) atoms. The van der Waals surface area contributed by atoms with Crippen molar-refractivity contribution in [2.24, 2.45) is 10.4 Å². The molecule has 0 amide bonds. The molecule has 3 atom stereocenters. The Morgan fingerprint density at radius 3 is 2.89 bits per heavy atom. The zero-order valence-electron chi connectivity index (χ0n) is 17.3. The fourth-order valence-corrected chi connectivity index (χ4v) is 4.03. The highest BCUT2D eigenvalue weighted by Gasteiger charge is 2.35. The van der Waals surface area contributed by atoms with Crippen LogP contribution in [0.2, 0.25) is 0 Å². The van der Waals surface area contributed by atoms with E-state index in [1.54, 1.807) is 0 Å². The lowest BCUT2D eigenvalue weighted by Gasteiger charge is -2.37. The van der Waals surface area contributed by atoms with Crippen molar-refractivity contribution in [2.75, 3.05) is 13.1 Å². The van der Waals surface area contributed by atoms with E-state index in [0.717, 1.165) is 62.8 Å². The highest BCUT2D eigenvalue weighted by atomic mass is 16.3. The van der Waals surface area contributed by atoms with E-state index < -0.39 is 0 Å². The normalized spacial score (nSPS) is 28.9. The molecule has 3 N–H and O–H groups in total. The van der Waals surface area contributed by atoms with E-state index in [1.807, 2.05) is 4.68 Å². The zero-order chi connectivity index (χ0) is 19.4.